The van der Waals surface area contributed by atoms with Crippen molar-refractivity contribution in [2.45, 2.75) is 63.9 Å². The monoisotopic (exact) mass is 442 g/mol. The maximum Gasteiger partial charge on any atom is 0.302 e. The fourth-order valence-corrected chi connectivity index (χ4v) is 4.07. The first kappa shape index (κ1) is 22.9. The molecule has 0 spiro atoms. The third kappa shape index (κ3) is 5.36. The number of rotatable bonds is 9. The van der Waals surface area contributed by atoms with Gasteiger partial charge in [-0.25, -0.2) is 0 Å². The predicted octanol–water partition coefficient (Wildman–Crippen LogP) is 3.60. The van der Waals surface area contributed by atoms with E-state index in [1.807, 2.05) is 74.5 Å². The molecule has 0 aliphatic carbocycles. The van der Waals surface area contributed by atoms with Gasteiger partial charge in [-0.3, -0.25) is 4.79 Å². The first-order valence-electron chi connectivity index (χ1n) is 10.8. The highest BCUT2D eigenvalue weighted by atomic mass is 16.8. The Morgan fingerprint density at radius 2 is 1.50 bits per heavy atom. The minimum atomic E-state index is -1.07. The molecule has 32 heavy (non-hydrogen) atoms. The number of hydrogen-bond acceptors (Lipinski definition) is 7. The Kier molecular flexibility index (Phi) is 6.93. The molecule has 4 rings (SSSR count). The summed E-state index contributed by atoms with van der Waals surface area (Å²) in [5.41, 5.74) is 0.977. The lowest BCUT2D eigenvalue weighted by atomic mass is 9.96. The van der Waals surface area contributed by atoms with E-state index < -0.39 is 35.9 Å². The predicted molar refractivity (Wildman–Crippen MR) is 115 cm³/mol. The van der Waals surface area contributed by atoms with Gasteiger partial charge in [-0.1, -0.05) is 60.7 Å². The fourth-order valence-electron chi connectivity index (χ4n) is 4.07. The van der Waals surface area contributed by atoms with Gasteiger partial charge in [0.15, 0.2) is 17.7 Å². The third-order valence-electron chi connectivity index (χ3n) is 5.51. The molecular formula is C25H30O7. The Balaban J connectivity index is 1.54. The molecule has 2 aliphatic heterocycles. The molecule has 0 amide bonds. The summed E-state index contributed by atoms with van der Waals surface area (Å²) in [7, 11) is 0. The van der Waals surface area contributed by atoms with Gasteiger partial charge in [0.05, 0.1) is 19.8 Å². The zero-order chi connectivity index (χ0) is 22.6. The van der Waals surface area contributed by atoms with Crippen LogP contribution < -0.4 is 0 Å². The van der Waals surface area contributed by atoms with Crippen molar-refractivity contribution in [2.75, 3.05) is 13.2 Å². The minimum Gasteiger partial charge on any atom is -0.463 e. The summed E-state index contributed by atoms with van der Waals surface area (Å²) >= 11 is 0. The lowest BCUT2D eigenvalue weighted by molar-refractivity contribution is -0.263. The molecule has 2 aromatic rings. The van der Waals surface area contributed by atoms with Crippen molar-refractivity contribution < 1.29 is 33.2 Å². The van der Waals surface area contributed by atoms with Crippen LogP contribution in [0.2, 0.25) is 0 Å². The van der Waals surface area contributed by atoms with Gasteiger partial charge in [-0.05, 0) is 25.0 Å². The second-order valence-corrected chi connectivity index (χ2v) is 8.63. The molecule has 2 aromatic carbocycles. The van der Waals surface area contributed by atoms with Crippen LogP contribution in [0.25, 0.3) is 0 Å². The second-order valence-electron chi connectivity index (χ2n) is 8.63. The summed E-state index contributed by atoms with van der Waals surface area (Å²) in [6.45, 7) is 5.89. The number of hydrogen-bond donors (Lipinski definition) is 0. The Labute approximate surface area is 188 Å². The molecule has 0 radical (unpaired) electrons. The molecule has 172 valence electrons. The van der Waals surface area contributed by atoms with Crippen LogP contribution in [-0.2, 0) is 46.4 Å². The fraction of sp³-hybridized carbons (Fsp3) is 0.480. The Morgan fingerprint density at radius 1 is 0.875 bits per heavy atom. The van der Waals surface area contributed by atoms with Crippen LogP contribution in [0.5, 0.6) is 0 Å². The van der Waals surface area contributed by atoms with Crippen LogP contribution in [-0.4, -0.2) is 49.1 Å². The second kappa shape index (κ2) is 9.68. The van der Waals surface area contributed by atoms with Gasteiger partial charge < -0.3 is 28.4 Å². The van der Waals surface area contributed by atoms with Crippen molar-refractivity contribution in [3.63, 3.8) is 0 Å². The van der Waals surface area contributed by atoms with Crippen LogP contribution in [0.4, 0.5) is 0 Å². The lowest BCUT2D eigenvalue weighted by Gasteiger charge is -2.36. The quantitative estimate of drug-likeness (QED) is 0.550. The van der Waals surface area contributed by atoms with Crippen LogP contribution in [0.3, 0.4) is 0 Å². The maximum absolute atomic E-state index is 11.7. The van der Waals surface area contributed by atoms with Gasteiger partial charge in [0.2, 0.25) is 0 Å². The lowest BCUT2D eigenvalue weighted by Crippen LogP contribution is -2.53. The smallest absolute Gasteiger partial charge is 0.302 e. The molecule has 0 bridgehead atoms. The first-order chi connectivity index (χ1) is 15.4. The van der Waals surface area contributed by atoms with Gasteiger partial charge in [-0.2, -0.15) is 0 Å². The maximum atomic E-state index is 11.7. The van der Waals surface area contributed by atoms with Crippen molar-refractivity contribution in [3.05, 3.63) is 71.8 Å². The van der Waals surface area contributed by atoms with E-state index in [0.29, 0.717) is 13.2 Å². The summed E-state index contributed by atoms with van der Waals surface area (Å²) < 4.78 is 36.2. The van der Waals surface area contributed by atoms with Gasteiger partial charge in [-0.15, -0.1) is 0 Å². The van der Waals surface area contributed by atoms with Gasteiger partial charge in [0.25, 0.3) is 0 Å². The van der Waals surface area contributed by atoms with Gasteiger partial charge >= 0.3 is 5.97 Å². The normalized spacial score (nSPS) is 28.4. The molecule has 7 heteroatoms. The average Bonchev–Trinajstić information content (AvgIpc) is 3.21. The van der Waals surface area contributed by atoms with E-state index in [1.54, 1.807) is 0 Å². The zero-order valence-corrected chi connectivity index (χ0v) is 18.7. The summed E-state index contributed by atoms with van der Waals surface area (Å²) in [6.07, 6.45) is -1.70. The number of fused-ring (bicyclic) bond motifs is 1. The number of carbonyl (C=O) groups excluding carboxylic acids is 1. The van der Waals surface area contributed by atoms with E-state index in [-0.39, 0.29) is 13.2 Å². The molecule has 2 fully saturated rings. The molecule has 4 atom stereocenters. The topological polar surface area (TPSA) is 72.5 Å². The highest BCUT2D eigenvalue weighted by Crippen LogP contribution is 2.44. The van der Waals surface area contributed by atoms with Crippen molar-refractivity contribution in [3.8, 4) is 0 Å². The van der Waals surface area contributed by atoms with E-state index in [2.05, 4.69) is 0 Å². The number of carbonyl (C=O) groups is 1. The molecule has 0 N–H and O–H groups in total. The number of esters is 1. The molecule has 2 aliphatic rings. The van der Waals surface area contributed by atoms with Crippen molar-refractivity contribution in [2.24, 2.45) is 0 Å². The summed E-state index contributed by atoms with van der Waals surface area (Å²) in [6, 6.07) is 19.7. The Morgan fingerprint density at radius 3 is 2.12 bits per heavy atom. The van der Waals surface area contributed by atoms with Gasteiger partial charge in [0, 0.05) is 6.92 Å². The van der Waals surface area contributed by atoms with E-state index in [0.717, 1.165) is 11.1 Å². The van der Waals surface area contributed by atoms with Crippen molar-refractivity contribution >= 4 is 5.97 Å². The molecule has 0 aromatic heterocycles. The first-order valence-corrected chi connectivity index (χ1v) is 10.8. The van der Waals surface area contributed by atoms with E-state index in [9.17, 15) is 4.79 Å². The standard InChI is InChI=1S/C25H30O7/c1-18(26)29-17-25(16-27-14-19-10-6-4-7-11-19)22(28-15-20-12-8-5-9-13-20)21-23(32-25)31-24(2,3)30-21/h4-13,21-23H,14-17H2,1-3H3/t21-,22+,23+,25+/m1/s1. The van der Waals surface area contributed by atoms with Crippen LogP contribution in [0.1, 0.15) is 31.9 Å². The minimum absolute atomic E-state index is 0.0310. The van der Waals surface area contributed by atoms with Gasteiger partial charge in [0.1, 0.15) is 18.8 Å². The summed E-state index contributed by atoms with van der Waals surface area (Å²) in [5.74, 6) is -1.21. The third-order valence-corrected chi connectivity index (χ3v) is 5.51. The summed E-state index contributed by atoms with van der Waals surface area (Å²) in [4.78, 5) is 11.7. The SMILES string of the molecule is CC(=O)OC[C@]1(COCc2ccccc2)O[C@@H]2OC(C)(C)O[C@@H]2[C@@H]1OCc1ccccc1. The number of benzene rings is 2. The van der Waals surface area contributed by atoms with E-state index in [1.165, 1.54) is 6.92 Å². The molecule has 0 saturated carbocycles. The zero-order valence-electron chi connectivity index (χ0n) is 18.7. The highest BCUT2D eigenvalue weighted by Gasteiger charge is 2.63. The van der Waals surface area contributed by atoms with E-state index >= 15 is 0 Å². The van der Waals surface area contributed by atoms with Crippen molar-refractivity contribution in [1.29, 1.82) is 0 Å². The Bertz CT molecular complexity index is 886. The molecule has 2 heterocycles. The van der Waals surface area contributed by atoms with Crippen LogP contribution >= 0.6 is 0 Å². The average molecular weight is 443 g/mol. The Hall–Kier alpha value is -2.29. The van der Waals surface area contributed by atoms with E-state index in [4.69, 9.17) is 28.4 Å². The molecule has 0 unspecified atom stereocenters. The number of ether oxygens (including phenoxy) is 6. The molecular weight excluding hydrogens is 412 g/mol. The molecule has 2 saturated heterocycles. The largest absolute Gasteiger partial charge is 0.463 e. The summed E-state index contributed by atoms with van der Waals surface area (Å²) in [5, 5.41) is 0. The van der Waals surface area contributed by atoms with Crippen LogP contribution in [0.15, 0.2) is 60.7 Å². The van der Waals surface area contributed by atoms with Crippen molar-refractivity contribution in [1.82, 2.24) is 0 Å². The molecule has 7 nitrogen and oxygen atoms in total. The highest BCUT2D eigenvalue weighted by molar-refractivity contribution is 5.66. The van der Waals surface area contributed by atoms with Crippen LogP contribution in [0, 0.1) is 0 Å².